The number of carbonyl (C=O) groups excluding carboxylic acids is 3. The van der Waals surface area contributed by atoms with E-state index in [0.717, 1.165) is 10.7 Å². The van der Waals surface area contributed by atoms with Crippen LogP contribution >= 0.6 is 0 Å². The van der Waals surface area contributed by atoms with Gasteiger partial charge in [-0.1, -0.05) is 18.2 Å². The maximum absolute atomic E-state index is 13.5. The molecular weight excluding hydrogens is 474 g/mol. The summed E-state index contributed by atoms with van der Waals surface area (Å²) in [6.45, 7) is 4.05. The van der Waals surface area contributed by atoms with Crippen LogP contribution in [0, 0.1) is 0 Å². The van der Waals surface area contributed by atoms with E-state index >= 15 is 0 Å². The number of hydrazine groups is 1. The Balaban J connectivity index is 1.60. The highest BCUT2D eigenvalue weighted by Crippen LogP contribution is 2.40. The summed E-state index contributed by atoms with van der Waals surface area (Å²) in [6.07, 6.45) is 1.52. The Morgan fingerprint density at radius 1 is 1.08 bits per heavy atom. The molecule has 2 aromatic heterocycles. The van der Waals surface area contributed by atoms with E-state index in [1.54, 1.807) is 17.0 Å². The third-order valence-corrected chi connectivity index (χ3v) is 6.57. The van der Waals surface area contributed by atoms with Crippen molar-refractivity contribution in [2.45, 2.75) is 13.5 Å². The quantitative estimate of drug-likeness (QED) is 0.236. The Kier molecular flexibility index (Phi) is 6.51. The van der Waals surface area contributed by atoms with E-state index in [1.165, 1.54) is 22.7 Å². The van der Waals surface area contributed by atoms with Crippen molar-refractivity contribution in [1.82, 2.24) is 24.8 Å². The van der Waals surface area contributed by atoms with Crippen molar-refractivity contribution in [2.24, 2.45) is 5.84 Å². The molecule has 192 valence electrons. The number of hydrogen-bond donors (Lipinski definition) is 4. The summed E-state index contributed by atoms with van der Waals surface area (Å²) in [7, 11) is 0. The Morgan fingerprint density at radius 2 is 1.81 bits per heavy atom. The fourth-order valence-corrected chi connectivity index (χ4v) is 4.70. The van der Waals surface area contributed by atoms with Crippen molar-refractivity contribution in [3.63, 3.8) is 0 Å². The highest BCUT2D eigenvalue weighted by Gasteiger charge is 2.36. The van der Waals surface area contributed by atoms with Crippen LogP contribution in [0.3, 0.4) is 0 Å². The smallest absolute Gasteiger partial charge is 0.320 e. The molecule has 1 aromatic carbocycles. The van der Waals surface area contributed by atoms with Gasteiger partial charge in [-0.3, -0.25) is 14.3 Å². The summed E-state index contributed by atoms with van der Waals surface area (Å²) in [4.78, 5) is 46.0. The number of anilines is 3. The Morgan fingerprint density at radius 3 is 2.51 bits per heavy atom. The first-order valence-electron chi connectivity index (χ1n) is 12.0. The minimum atomic E-state index is -0.382. The van der Waals surface area contributed by atoms with E-state index < -0.39 is 0 Å². The predicted molar refractivity (Wildman–Crippen MR) is 139 cm³/mol. The van der Waals surface area contributed by atoms with Crippen molar-refractivity contribution < 1.29 is 14.4 Å². The molecule has 1 saturated heterocycles. The second-order valence-electron chi connectivity index (χ2n) is 9.00. The van der Waals surface area contributed by atoms with E-state index in [4.69, 9.17) is 11.7 Å². The number of benzene rings is 1. The van der Waals surface area contributed by atoms with E-state index in [0.29, 0.717) is 54.4 Å². The fraction of sp³-hybridized carbons (Fsp3) is 0.280. The van der Waals surface area contributed by atoms with Crippen molar-refractivity contribution >= 4 is 34.9 Å². The first-order chi connectivity index (χ1) is 17.8. The minimum absolute atomic E-state index is 0.0504. The number of piperazine rings is 1. The maximum atomic E-state index is 13.5. The SMILES string of the molecule is CC(=O)N(N)c1cc(-c2c(Nc3ccccc3)c3c(n2N)CN(C(=O)N2CCNCC2)CC3=O)ccn1. The Hall–Kier alpha value is -4.42. The molecule has 5 rings (SSSR count). The van der Waals surface area contributed by atoms with Gasteiger partial charge in [0.2, 0.25) is 5.91 Å². The van der Waals surface area contributed by atoms with Crippen LogP contribution in [0.4, 0.5) is 22.0 Å². The number of para-hydroxylation sites is 1. The Labute approximate surface area is 213 Å². The molecule has 12 heteroatoms. The summed E-state index contributed by atoms with van der Waals surface area (Å²) in [5, 5.41) is 7.52. The van der Waals surface area contributed by atoms with E-state index in [1.807, 2.05) is 30.3 Å². The van der Waals surface area contributed by atoms with Gasteiger partial charge in [0.15, 0.2) is 5.78 Å². The molecule has 1 fully saturated rings. The molecule has 0 aliphatic carbocycles. The molecule has 4 heterocycles. The van der Waals surface area contributed by atoms with Gasteiger partial charge in [0.05, 0.1) is 35.7 Å². The van der Waals surface area contributed by atoms with Crippen molar-refractivity contribution in [3.8, 4) is 11.3 Å². The number of amides is 3. The molecule has 3 amide bonds. The number of nitrogens with two attached hydrogens (primary N) is 2. The molecule has 37 heavy (non-hydrogen) atoms. The number of nitrogens with zero attached hydrogens (tertiary/aromatic N) is 5. The van der Waals surface area contributed by atoms with Crippen LogP contribution in [0.1, 0.15) is 23.0 Å². The molecule has 0 spiro atoms. The van der Waals surface area contributed by atoms with E-state index in [9.17, 15) is 14.4 Å². The molecule has 0 atom stereocenters. The average Bonchev–Trinajstić information content (AvgIpc) is 3.20. The fourth-order valence-electron chi connectivity index (χ4n) is 4.70. The standard InChI is InChI=1S/C25H29N9O3/c1-16(35)33(26)21-13-17(7-8-29-21)24-23(30-18-5-3-2-4-6-18)22-19(34(24)27)14-32(15-20(22)36)25(37)31-11-9-28-10-12-31/h2-8,13,28,30H,9-12,14-15,26-27H2,1H3. The molecule has 0 unspecified atom stereocenters. The number of ketones is 1. The average molecular weight is 504 g/mol. The number of fused-ring (bicyclic) bond motifs is 1. The lowest BCUT2D eigenvalue weighted by molar-refractivity contribution is -0.116. The molecule has 0 bridgehead atoms. The first kappa shape index (κ1) is 24.3. The second-order valence-corrected chi connectivity index (χ2v) is 9.00. The third kappa shape index (κ3) is 4.59. The molecule has 2 aliphatic rings. The topological polar surface area (TPSA) is 155 Å². The largest absolute Gasteiger partial charge is 0.353 e. The molecule has 2 aliphatic heterocycles. The summed E-state index contributed by atoms with van der Waals surface area (Å²) < 4.78 is 1.43. The number of aromatic nitrogens is 2. The van der Waals surface area contributed by atoms with Crippen molar-refractivity contribution in [1.29, 1.82) is 0 Å². The number of Topliss-reactive ketones (excluding diaryl/α,β-unsaturated/α-hetero) is 1. The molecule has 3 aromatic rings. The van der Waals surface area contributed by atoms with Gasteiger partial charge in [-0.15, -0.1) is 0 Å². The van der Waals surface area contributed by atoms with Gasteiger partial charge in [-0.25, -0.2) is 20.6 Å². The van der Waals surface area contributed by atoms with Crippen LogP contribution in [-0.4, -0.2) is 69.9 Å². The van der Waals surface area contributed by atoms with Gasteiger partial charge in [0.25, 0.3) is 0 Å². The van der Waals surface area contributed by atoms with Crippen LogP contribution in [0.2, 0.25) is 0 Å². The predicted octanol–water partition coefficient (Wildman–Crippen LogP) is 1.26. The highest BCUT2D eigenvalue weighted by molar-refractivity contribution is 6.09. The maximum Gasteiger partial charge on any atom is 0.320 e. The van der Waals surface area contributed by atoms with Gasteiger partial charge in [0.1, 0.15) is 5.82 Å². The summed E-state index contributed by atoms with van der Waals surface area (Å²) >= 11 is 0. The van der Waals surface area contributed by atoms with E-state index in [2.05, 4.69) is 15.6 Å². The zero-order valence-electron chi connectivity index (χ0n) is 20.5. The number of nitrogens with one attached hydrogen (secondary N) is 2. The van der Waals surface area contributed by atoms with E-state index in [-0.39, 0.29) is 36.6 Å². The lowest BCUT2D eigenvalue weighted by Gasteiger charge is -2.34. The molecule has 0 radical (unpaired) electrons. The van der Waals surface area contributed by atoms with Gasteiger partial charge < -0.3 is 26.3 Å². The van der Waals surface area contributed by atoms with Gasteiger partial charge in [-0.05, 0) is 24.3 Å². The number of rotatable bonds is 4. The number of pyridine rings is 1. The normalized spacial score (nSPS) is 15.4. The number of hydrogen-bond acceptors (Lipinski definition) is 8. The van der Waals surface area contributed by atoms with Gasteiger partial charge >= 0.3 is 6.03 Å². The van der Waals surface area contributed by atoms with Crippen LogP contribution in [0.5, 0.6) is 0 Å². The molecule has 6 N–H and O–H groups in total. The van der Waals surface area contributed by atoms with Crippen LogP contribution in [0.15, 0.2) is 48.7 Å². The molecule has 12 nitrogen and oxygen atoms in total. The lowest BCUT2D eigenvalue weighted by atomic mass is 10.0. The first-order valence-corrected chi connectivity index (χ1v) is 12.0. The zero-order valence-corrected chi connectivity index (χ0v) is 20.5. The van der Waals surface area contributed by atoms with Crippen LogP contribution in [0.25, 0.3) is 11.3 Å². The van der Waals surface area contributed by atoms with Crippen molar-refractivity contribution in [2.75, 3.05) is 48.9 Å². The van der Waals surface area contributed by atoms with Gasteiger partial charge in [-0.2, -0.15) is 0 Å². The van der Waals surface area contributed by atoms with Crippen LogP contribution in [-0.2, 0) is 11.3 Å². The number of nitrogen functional groups attached to an aromatic ring is 1. The summed E-state index contributed by atoms with van der Waals surface area (Å²) in [5.41, 5.74) is 3.35. The number of urea groups is 1. The zero-order chi connectivity index (χ0) is 26.1. The minimum Gasteiger partial charge on any atom is -0.353 e. The van der Waals surface area contributed by atoms with Gasteiger partial charge in [0, 0.05) is 50.6 Å². The Bertz CT molecular complexity index is 1350. The third-order valence-electron chi connectivity index (χ3n) is 6.57. The van der Waals surface area contributed by atoms with Crippen molar-refractivity contribution in [3.05, 3.63) is 59.9 Å². The number of carbonyl (C=O) groups is 3. The summed E-state index contributed by atoms with van der Waals surface area (Å²) in [6, 6.07) is 12.6. The molecule has 0 saturated carbocycles. The summed E-state index contributed by atoms with van der Waals surface area (Å²) in [5.74, 6) is 12.2. The second kappa shape index (κ2) is 9.91. The monoisotopic (exact) mass is 503 g/mol. The molecular formula is C25H29N9O3. The highest BCUT2D eigenvalue weighted by atomic mass is 16.2. The van der Waals surface area contributed by atoms with Crippen LogP contribution < -0.4 is 27.3 Å². The lowest BCUT2D eigenvalue weighted by Crippen LogP contribution is -2.53.